The minimum absolute atomic E-state index is 0.221. The van der Waals surface area contributed by atoms with Gasteiger partial charge in [-0.2, -0.15) is 0 Å². The van der Waals surface area contributed by atoms with Crippen LogP contribution in [0.25, 0.3) is 0 Å². The molecule has 0 fully saturated rings. The zero-order valence-corrected chi connectivity index (χ0v) is 13.3. The lowest BCUT2D eigenvalue weighted by Crippen LogP contribution is -1.97. The number of carbonyl (C=O) groups is 1. The van der Waals surface area contributed by atoms with Crippen LogP contribution in [-0.4, -0.2) is 12.9 Å². The highest BCUT2D eigenvalue weighted by molar-refractivity contribution is 7.98. The second-order valence-corrected chi connectivity index (χ2v) is 5.85. The second-order valence-electron chi connectivity index (χ2n) is 4.80. The van der Waals surface area contributed by atoms with Gasteiger partial charge < -0.3 is 4.74 Å². The van der Waals surface area contributed by atoms with E-state index < -0.39 is 0 Å². The number of rotatable bonds is 7. The predicted molar refractivity (Wildman–Crippen MR) is 88.2 cm³/mol. The van der Waals surface area contributed by atoms with Crippen molar-refractivity contribution in [1.29, 1.82) is 0 Å². The molecule has 0 saturated carbocycles. The molecule has 0 unspecified atom stereocenters. The summed E-state index contributed by atoms with van der Waals surface area (Å²) in [5.41, 5.74) is 1.98. The number of methoxy groups -OCH3 is 1. The first-order valence-corrected chi connectivity index (χ1v) is 8.11. The van der Waals surface area contributed by atoms with Crippen LogP contribution in [0.1, 0.15) is 35.7 Å². The van der Waals surface area contributed by atoms with Crippen molar-refractivity contribution in [3.63, 3.8) is 0 Å². The lowest BCUT2D eigenvalue weighted by molar-refractivity contribution is 0.0981. The number of hydrogen-bond acceptors (Lipinski definition) is 3. The zero-order valence-electron chi connectivity index (χ0n) is 12.5. The molecule has 3 heteroatoms. The zero-order chi connectivity index (χ0) is 15.1. The van der Waals surface area contributed by atoms with Gasteiger partial charge in [0.15, 0.2) is 5.78 Å². The topological polar surface area (TPSA) is 26.3 Å². The summed E-state index contributed by atoms with van der Waals surface area (Å²) in [6.45, 7) is 2.02. The fourth-order valence-corrected chi connectivity index (χ4v) is 2.98. The molecule has 0 aliphatic rings. The van der Waals surface area contributed by atoms with Gasteiger partial charge in [0.2, 0.25) is 0 Å². The molecule has 2 nitrogen and oxygen atoms in total. The van der Waals surface area contributed by atoms with Crippen molar-refractivity contribution >= 4 is 17.5 Å². The standard InChI is InChI=1S/C18H20O2S/c1-3-6-17(19)14-9-11-16(12-10-14)21-13-15-7-4-5-8-18(15)20-2/h4-5,7-12H,3,6,13H2,1-2H3. The Hall–Kier alpha value is -1.74. The third-order valence-electron chi connectivity index (χ3n) is 3.24. The molecule has 0 amide bonds. The molecule has 0 atom stereocenters. The highest BCUT2D eigenvalue weighted by Gasteiger charge is 2.06. The second kappa shape index (κ2) is 7.89. The molecule has 0 bridgehead atoms. The van der Waals surface area contributed by atoms with Crippen LogP contribution in [0.15, 0.2) is 53.4 Å². The van der Waals surface area contributed by atoms with Crippen molar-refractivity contribution < 1.29 is 9.53 Å². The summed E-state index contributed by atoms with van der Waals surface area (Å²) in [6.07, 6.45) is 1.51. The van der Waals surface area contributed by atoms with Crippen LogP contribution in [-0.2, 0) is 5.75 Å². The first kappa shape index (κ1) is 15.6. The molecule has 0 aliphatic carbocycles. The van der Waals surface area contributed by atoms with Crippen molar-refractivity contribution in [2.24, 2.45) is 0 Å². The van der Waals surface area contributed by atoms with Crippen molar-refractivity contribution in [2.45, 2.75) is 30.4 Å². The molecule has 0 spiro atoms. The van der Waals surface area contributed by atoms with Gasteiger partial charge in [-0.15, -0.1) is 11.8 Å². The maximum absolute atomic E-state index is 11.8. The molecule has 0 heterocycles. The summed E-state index contributed by atoms with van der Waals surface area (Å²) >= 11 is 1.75. The Morgan fingerprint density at radius 1 is 1.10 bits per heavy atom. The van der Waals surface area contributed by atoms with E-state index in [1.807, 2.05) is 49.4 Å². The van der Waals surface area contributed by atoms with E-state index in [4.69, 9.17) is 4.74 Å². The Bertz CT molecular complexity index is 590. The van der Waals surface area contributed by atoms with E-state index in [2.05, 4.69) is 6.07 Å². The van der Waals surface area contributed by atoms with Crippen LogP contribution in [0.5, 0.6) is 5.75 Å². The molecule has 0 radical (unpaired) electrons. The van der Waals surface area contributed by atoms with Crippen LogP contribution in [0, 0.1) is 0 Å². The van der Waals surface area contributed by atoms with Crippen molar-refractivity contribution in [3.8, 4) is 5.75 Å². The first-order chi connectivity index (χ1) is 10.2. The number of para-hydroxylation sites is 1. The van der Waals surface area contributed by atoms with Gasteiger partial charge in [-0.1, -0.05) is 37.3 Å². The van der Waals surface area contributed by atoms with Gasteiger partial charge in [0, 0.05) is 28.2 Å². The fourth-order valence-electron chi connectivity index (χ4n) is 2.09. The van der Waals surface area contributed by atoms with Crippen LogP contribution in [0.3, 0.4) is 0 Å². The van der Waals surface area contributed by atoms with E-state index in [9.17, 15) is 4.79 Å². The van der Waals surface area contributed by atoms with E-state index in [0.717, 1.165) is 28.4 Å². The average Bonchev–Trinajstić information content (AvgIpc) is 2.54. The van der Waals surface area contributed by atoms with Gasteiger partial charge in [0.25, 0.3) is 0 Å². The first-order valence-electron chi connectivity index (χ1n) is 7.12. The molecular formula is C18H20O2S. The largest absolute Gasteiger partial charge is 0.496 e. The molecule has 110 valence electrons. The summed E-state index contributed by atoms with van der Waals surface area (Å²) in [4.78, 5) is 13.0. The molecule has 21 heavy (non-hydrogen) atoms. The quantitative estimate of drug-likeness (QED) is 0.533. The van der Waals surface area contributed by atoms with Gasteiger partial charge in [-0.3, -0.25) is 4.79 Å². The summed E-state index contributed by atoms with van der Waals surface area (Å²) < 4.78 is 5.35. The Balaban J connectivity index is 1.99. The van der Waals surface area contributed by atoms with Crippen molar-refractivity contribution in [3.05, 3.63) is 59.7 Å². The maximum atomic E-state index is 11.8. The normalized spacial score (nSPS) is 10.4. The van der Waals surface area contributed by atoms with E-state index in [1.54, 1.807) is 18.9 Å². The lowest BCUT2D eigenvalue weighted by Gasteiger charge is -2.08. The van der Waals surface area contributed by atoms with E-state index in [-0.39, 0.29) is 5.78 Å². The molecule has 2 aromatic carbocycles. The van der Waals surface area contributed by atoms with Gasteiger partial charge in [-0.05, 0) is 24.6 Å². The lowest BCUT2D eigenvalue weighted by atomic mass is 10.1. The molecule has 0 saturated heterocycles. The fraction of sp³-hybridized carbons (Fsp3) is 0.278. The van der Waals surface area contributed by atoms with Crippen LogP contribution < -0.4 is 4.74 Å². The summed E-state index contributed by atoms with van der Waals surface area (Å²) in [5, 5.41) is 0. The molecule has 0 N–H and O–H groups in total. The Kier molecular flexibility index (Phi) is 5.88. The Morgan fingerprint density at radius 2 is 1.81 bits per heavy atom. The maximum Gasteiger partial charge on any atom is 0.162 e. The molecule has 2 aromatic rings. The molecule has 0 aliphatic heterocycles. The van der Waals surface area contributed by atoms with Crippen molar-refractivity contribution in [1.82, 2.24) is 0 Å². The van der Waals surface area contributed by atoms with E-state index >= 15 is 0 Å². The summed E-state index contributed by atoms with van der Waals surface area (Å²) in [6, 6.07) is 15.9. The number of carbonyl (C=O) groups excluding carboxylic acids is 1. The number of ether oxygens (including phenoxy) is 1. The van der Waals surface area contributed by atoms with Crippen LogP contribution in [0.4, 0.5) is 0 Å². The van der Waals surface area contributed by atoms with Gasteiger partial charge in [-0.25, -0.2) is 0 Å². The average molecular weight is 300 g/mol. The predicted octanol–water partition coefficient (Wildman–Crippen LogP) is 4.97. The number of hydrogen-bond donors (Lipinski definition) is 0. The van der Waals surface area contributed by atoms with Gasteiger partial charge in [0.1, 0.15) is 5.75 Å². The summed E-state index contributed by atoms with van der Waals surface area (Å²) in [5.74, 6) is 1.99. The van der Waals surface area contributed by atoms with Gasteiger partial charge >= 0.3 is 0 Å². The molecule has 2 rings (SSSR count). The molecular weight excluding hydrogens is 280 g/mol. The monoisotopic (exact) mass is 300 g/mol. The Morgan fingerprint density at radius 3 is 2.48 bits per heavy atom. The SMILES string of the molecule is CCCC(=O)c1ccc(SCc2ccccc2OC)cc1. The highest BCUT2D eigenvalue weighted by atomic mass is 32.2. The van der Waals surface area contributed by atoms with Crippen LogP contribution in [0.2, 0.25) is 0 Å². The van der Waals surface area contributed by atoms with E-state index in [0.29, 0.717) is 6.42 Å². The number of Topliss-reactive ketones (excluding diaryl/α,β-unsaturated/α-hetero) is 1. The summed E-state index contributed by atoms with van der Waals surface area (Å²) in [7, 11) is 1.69. The highest BCUT2D eigenvalue weighted by Crippen LogP contribution is 2.28. The third kappa shape index (κ3) is 4.36. The number of benzene rings is 2. The third-order valence-corrected chi connectivity index (χ3v) is 4.30. The minimum atomic E-state index is 0.221. The molecule has 0 aromatic heterocycles. The minimum Gasteiger partial charge on any atom is -0.496 e. The van der Waals surface area contributed by atoms with Gasteiger partial charge in [0.05, 0.1) is 7.11 Å². The van der Waals surface area contributed by atoms with Crippen molar-refractivity contribution in [2.75, 3.05) is 7.11 Å². The number of ketones is 1. The van der Waals surface area contributed by atoms with Crippen LogP contribution >= 0.6 is 11.8 Å². The number of thioether (sulfide) groups is 1. The van der Waals surface area contributed by atoms with E-state index in [1.165, 1.54) is 5.56 Å². The Labute approximate surface area is 130 Å². The smallest absolute Gasteiger partial charge is 0.162 e.